The minimum absolute atomic E-state index is 0.277. The fourth-order valence-corrected chi connectivity index (χ4v) is 10.6. The van der Waals surface area contributed by atoms with Crippen LogP contribution in [0.2, 0.25) is 0 Å². The maximum absolute atomic E-state index is 12.4. The van der Waals surface area contributed by atoms with Gasteiger partial charge in [0.2, 0.25) is 5.91 Å². The lowest BCUT2D eigenvalue weighted by atomic mass is 9.49. The molecule has 6 rings (SSSR count). The highest BCUT2D eigenvalue weighted by molar-refractivity contribution is 5.96. The van der Waals surface area contributed by atoms with Crippen LogP contribution in [0.25, 0.3) is 0 Å². The topological polar surface area (TPSA) is 41.6 Å². The van der Waals surface area contributed by atoms with E-state index in [4.69, 9.17) is 4.74 Å². The van der Waals surface area contributed by atoms with Crippen molar-refractivity contribution >= 4 is 17.3 Å². The molecule has 1 saturated heterocycles. The second kappa shape index (κ2) is 10.8. The number of hydrogen-bond acceptors (Lipinski definition) is 3. The van der Waals surface area contributed by atoms with E-state index >= 15 is 0 Å². The van der Waals surface area contributed by atoms with Gasteiger partial charge in [-0.2, -0.15) is 0 Å². The summed E-state index contributed by atoms with van der Waals surface area (Å²) in [5.74, 6) is 6.63. The molecular weight excluding hydrogens is 468 g/mol. The van der Waals surface area contributed by atoms with Crippen LogP contribution < -0.4 is 10.2 Å². The van der Waals surface area contributed by atoms with Crippen LogP contribution in [0.5, 0.6) is 0 Å². The Morgan fingerprint density at radius 2 is 1.92 bits per heavy atom. The molecule has 1 amide bonds. The lowest BCUT2D eigenvalue weighted by Crippen LogP contribution is -2.50. The summed E-state index contributed by atoms with van der Waals surface area (Å²) in [6.45, 7) is 12.2. The third-order valence-electron chi connectivity index (χ3n) is 12.4. The van der Waals surface area contributed by atoms with E-state index in [1.807, 2.05) is 4.90 Å². The predicted molar refractivity (Wildman–Crippen MR) is 156 cm³/mol. The van der Waals surface area contributed by atoms with Crippen LogP contribution in [-0.2, 0) is 9.53 Å². The summed E-state index contributed by atoms with van der Waals surface area (Å²) in [7, 11) is 0. The normalized spacial score (nSPS) is 39.4. The van der Waals surface area contributed by atoms with Crippen molar-refractivity contribution in [2.75, 3.05) is 30.0 Å². The zero-order valence-electron chi connectivity index (χ0n) is 24.5. The number of ether oxygens (including phenoxy) is 1. The lowest BCUT2D eigenvalue weighted by molar-refractivity contribution is -0.117. The molecule has 0 spiro atoms. The van der Waals surface area contributed by atoms with Gasteiger partial charge in [0.1, 0.15) is 0 Å². The highest BCUT2D eigenvalue weighted by atomic mass is 16.5. The van der Waals surface area contributed by atoms with Crippen LogP contribution in [0.15, 0.2) is 18.2 Å². The van der Waals surface area contributed by atoms with Gasteiger partial charge in [-0.15, -0.1) is 0 Å². The molecule has 0 aromatic heterocycles. The van der Waals surface area contributed by atoms with Gasteiger partial charge in [0, 0.05) is 43.6 Å². The summed E-state index contributed by atoms with van der Waals surface area (Å²) in [5.41, 5.74) is 4.02. The van der Waals surface area contributed by atoms with Gasteiger partial charge in [0.05, 0.1) is 0 Å². The largest absolute Gasteiger partial charge is 0.382 e. The van der Waals surface area contributed by atoms with E-state index in [9.17, 15) is 4.79 Å². The maximum Gasteiger partial charge on any atom is 0.227 e. The van der Waals surface area contributed by atoms with Crippen molar-refractivity contribution in [3.8, 4) is 0 Å². The van der Waals surface area contributed by atoms with Crippen molar-refractivity contribution in [3.05, 3.63) is 23.8 Å². The van der Waals surface area contributed by atoms with E-state index in [1.54, 1.807) is 0 Å². The van der Waals surface area contributed by atoms with E-state index in [0.717, 1.165) is 73.3 Å². The van der Waals surface area contributed by atoms with Crippen LogP contribution in [0.1, 0.15) is 97.0 Å². The Balaban J connectivity index is 1.13. The van der Waals surface area contributed by atoms with E-state index < -0.39 is 0 Å². The fourth-order valence-electron chi connectivity index (χ4n) is 10.6. The third-order valence-corrected chi connectivity index (χ3v) is 12.4. The first-order valence-electron chi connectivity index (χ1n) is 16.1. The molecular formula is C34H52N2O2. The molecule has 1 heterocycles. The van der Waals surface area contributed by atoms with Gasteiger partial charge in [0.15, 0.2) is 0 Å². The average Bonchev–Trinajstić information content (AvgIpc) is 3.50. The number of rotatable bonds is 7. The molecule has 0 bridgehead atoms. The summed E-state index contributed by atoms with van der Waals surface area (Å²) in [5, 5.41) is 3.98. The van der Waals surface area contributed by atoms with E-state index in [2.05, 4.69) is 51.2 Å². The Labute approximate surface area is 231 Å². The third kappa shape index (κ3) is 4.61. The van der Waals surface area contributed by atoms with Crippen molar-refractivity contribution in [1.29, 1.82) is 0 Å². The zero-order valence-corrected chi connectivity index (χ0v) is 24.5. The number of nitrogens with zero attached hydrogens (tertiary/aromatic N) is 1. The summed E-state index contributed by atoms with van der Waals surface area (Å²) >= 11 is 0. The Hall–Kier alpha value is -1.55. The summed E-state index contributed by atoms with van der Waals surface area (Å²) in [6.07, 6.45) is 14.6. The van der Waals surface area contributed by atoms with Gasteiger partial charge in [-0.3, -0.25) is 4.79 Å². The minimum Gasteiger partial charge on any atom is -0.382 e. The van der Waals surface area contributed by atoms with Gasteiger partial charge in [-0.05, 0) is 150 Å². The monoisotopic (exact) mass is 520 g/mol. The minimum atomic E-state index is 0.277. The number of benzene rings is 1. The molecule has 210 valence electrons. The van der Waals surface area contributed by atoms with Crippen molar-refractivity contribution in [2.45, 2.75) is 104 Å². The van der Waals surface area contributed by atoms with Gasteiger partial charge < -0.3 is 15.0 Å². The van der Waals surface area contributed by atoms with Gasteiger partial charge in [0.25, 0.3) is 0 Å². The van der Waals surface area contributed by atoms with E-state index in [-0.39, 0.29) is 5.91 Å². The number of carbonyl (C=O) groups excluding carboxylic acids is 1. The molecule has 4 nitrogen and oxygen atoms in total. The second-order valence-electron chi connectivity index (χ2n) is 14.0. The Morgan fingerprint density at radius 3 is 2.71 bits per heavy atom. The van der Waals surface area contributed by atoms with Crippen LogP contribution >= 0.6 is 0 Å². The maximum atomic E-state index is 12.4. The van der Waals surface area contributed by atoms with Crippen molar-refractivity contribution in [3.63, 3.8) is 0 Å². The van der Waals surface area contributed by atoms with Crippen LogP contribution in [0, 0.1) is 53.8 Å². The van der Waals surface area contributed by atoms with Crippen molar-refractivity contribution in [1.82, 2.24) is 0 Å². The standard InChI is InChI=1S/C34H52N2O2/c1-5-38-21-24-11-13-26-25(20-24)12-14-28-27(26)17-18-34(4)29(15-16-30(28)34)23(3)35-31-8-6-9-32(22(31)2)36-19-7-10-33(36)37/h6,8-9,23-30,35H,5,7,10-21H2,1-4H3/t23-,24+,25-,26+,27?,28-,29?,30?,34-/m1/s1. The Kier molecular flexibility index (Phi) is 7.57. The predicted octanol–water partition coefficient (Wildman–Crippen LogP) is 7.84. The molecule has 1 aromatic carbocycles. The first-order valence-corrected chi connectivity index (χ1v) is 16.1. The van der Waals surface area contributed by atoms with Crippen LogP contribution in [0.3, 0.4) is 0 Å². The molecule has 38 heavy (non-hydrogen) atoms. The summed E-state index contributed by atoms with van der Waals surface area (Å²) in [4.78, 5) is 14.4. The molecule has 5 fully saturated rings. The lowest BCUT2D eigenvalue weighted by Gasteiger charge is -2.57. The Morgan fingerprint density at radius 1 is 1.08 bits per heavy atom. The molecule has 4 saturated carbocycles. The highest BCUT2D eigenvalue weighted by Crippen LogP contribution is 2.65. The zero-order chi connectivity index (χ0) is 26.4. The molecule has 9 atom stereocenters. The van der Waals surface area contributed by atoms with Crippen LogP contribution in [0.4, 0.5) is 11.4 Å². The molecule has 1 N–H and O–H groups in total. The van der Waals surface area contributed by atoms with Crippen molar-refractivity contribution < 1.29 is 9.53 Å². The first-order chi connectivity index (χ1) is 18.4. The highest BCUT2D eigenvalue weighted by Gasteiger charge is 2.57. The number of anilines is 2. The number of fused-ring (bicyclic) bond motifs is 5. The molecule has 0 radical (unpaired) electrons. The average molecular weight is 521 g/mol. The quantitative estimate of drug-likeness (QED) is 0.398. The second-order valence-corrected chi connectivity index (χ2v) is 14.0. The number of hydrogen-bond donors (Lipinski definition) is 1. The summed E-state index contributed by atoms with van der Waals surface area (Å²) in [6, 6.07) is 6.94. The molecule has 3 unspecified atom stereocenters. The smallest absolute Gasteiger partial charge is 0.227 e. The number of amides is 1. The molecule has 4 aliphatic carbocycles. The van der Waals surface area contributed by atoms with Gasteiger partial charge >= 0.3 is 0 Å². The number of nitrogens with one attached hydrogen (secondary N) is 1. The fraction of sp³-hybridized carbons (Fsp3) is 0.794. The Bertz CT molecular complexity index is 1010. The SMILES string of the molecule is CCOC[C@H]1CC[C@@H]2C3CC[C@@]4(C)C(CCC4[C@@H](C)Nc4cccc(N5CCCC5=O)c4C)[C@@H]3CC[C@@H]2C1. The van der Waals surface area contributed by atoms with Crippen molar-refractivity contribution in [2.24, 2.45) is 46.8 Å². The summed E-state index contributed by atoms with van der Waals surface area (Å²) < 4.78 is 5.83. The molecule has 1 aliphatic heterocycles. The van der Waals surface area contributed by atoms with Crippen LogP contribution in [-0.4, -0.2) is 31.7 Å². The van der Waals surface area contributed by atoms with E-state index in [0.29, 0.717) is 17.9 Å². The molecule has 5 aliphatic rings. The van der Waals surface area contributed by atoms with E-state index in [1.165, 1.54) is 69.0 Å². The molecule has 1 aromatic rings. The number of carbonyl (C=O) groups is 1. The molecule has 4 heteroatoms. The first kappa shape index (κ1) is 26.7. The van der Waals surface area contributed by atoms with Gasteiger partial charge in [-0.1, -0.05) is 13.0 Å². The van der Waals surface area contributed by atoms with Gasteiger partial charge in [-0.25, -0.2) is 0 Å².